The van der Waals surface area contributed by atoms with Crippen LogP contribution < -0.4 is 10.2 Å². The molecule has 32 heavy (non-hydrogen) atoms. The van der Waals surface area contributed by atoms with Crippen LogP contribution in [0.15, 0.2) is 59.3 Å². The number of aromatic nitrogens is 3. The van der Waals surface area contributed by atoms with Crippen molar-refractivity contribution in [1.82, 2.24) is 20.1 Å². The summed E-state index contributed by atoms with van der Waals surface area (Å²) >= 11 is 3.50. The van der Waals surface area contributed by atoms with Crippen LogP contribution in [0.1, 0.15) is 37.7 Å². The summed E-state index contributed by atoms with van der Waals surface area (Å²) in [6, 6.07) is 15.2. The third kappa shape index (κ3) is 4.00. The highest BCUT2D eigenvalue weighted by Gasteiger charge is 2.55. The molecule has 166 valence electrons. The normalized spacial score (nSPS) is 17.9. The molecule has 0 radical (unpaired) electrons. The summed E-state index contributed by atoms with van der Waals surface area (Å²) in [6.07, 6.45) is 0.719. The minimum Gasteiger partial charge on any atom is -0.444 e. The van der Waals surface area contributed by atoms with E-state index in [1.807, 2.05) is 42.5 Å². The van der Waals surface area contributed by atoms with Gasteiger partial charge in [-0.05, 0) is 45.4 Å². The first-order valence-corrected chi connectivity index (χ1v) is 11.0. The van der Waals surface area contributed by atoms with Crippen molar-refractivity contribution >= 4 is 33.6 Å². The SMILES string of the molecule is Cc1ncn([C@@]2(NC(=O)OC(C)(C)C)C(=O)N(Cc3ccccc3)c3cc(Br)ccc32)n1. The fourth-order valence-electron chi connectivity index (χ4n) is 3.74. The van der Waals surface area contributed by atoms with Gasteiger partial charge in [0, 0.05) is 10.0 Å². The molecule has 1 atom stereocenters. The number of aryl methyl sites for hydroxylation is 1. The van der Waals surface area contributed by atoms with Gasteiger partial charge in [-0.1, -0.05) is 52.3 Å². The Morgan fingerprint density at radius 2 is 1.91 bits per heavy atom. The number of carbonyl (C=O) groups excluding carboxylic acids is 2. The fourth-order valence-corrected chi connectivity index (χ4v) is 4.08. The lowest BCUT2D eigenvalue weighted by Crippen LogP contribution is -2.58. The first kappa shape index (κ1) is 22.0. The van der Waals surface area contributed by atoms with Gasteiger partial charge in [0.25, 0.3) is 5.91 Å². The predicted molar refractivity (Wildman–Crippen MR) is 123 cm³/mol. The van der Waals surface area contributed by atoms with Crippen molar-refractivity contribution < 1.29 is 14.3 Å². The van der Waals surface area contributed by atoms with Crippen molar-refractivity contribution in [2.45, 2.75) is 45.5 Å². The summed E-state index contributed by atoms with van der Waals surface area (Å²) in [6.45, 7) is 7.35. The summed E-state index contributed by atoms with van der Waals surface area (Å²) in [5.41, 5.74) is -0.171. The Morgan fingerprint density at radius 3 is 2.53 bits per heavy atom. The van der Waals surface area contributed by atoms with Gasteiger partial charge < -0.3 is 9.64 Å². The number of hydrogen-bond donors (Lipinski definition) is 1. The quantitative estimate of drug-likeness (QED) is 0.585. The van der Waals surface area contributed by atoms with Gasteiger partial charge in [-0.3, -0.25) is 10.1 Å². The molecular weight excluding hydrogens is 474 g/mol. The summed E-state index contributed by atoms with van der Waals surface area (Å²) < 4.78 is 7.71. The van der Waals surface area contributed by atoms with Crippen molar-refractivity contribution in [3.63, 3.8) is 0 Å². The Kier molecular flexibility index (Phi) is 5.54. The summed E-state index contributed by atoms with van der Waals surface area (Å²) in [5.74, 6) is 0.119. The van der Waals surface area contributed by atoms with Crippen molar-refractivity contribution in [3.05, 3.63) is 76.3 Å². The third-order valence-corrected chi connectivity index (χ3v) is 5.50. The summed E-state index contributed by atoms with van der Waals surface area (Å²) in [7, 11) is 0. The maximum Gasteiger partial charge on any atom is 0.410 e. The maximum atomic E-state index is 14.1. The Balaban J connectivity index is 1.87. The molecule has 0 saturated carbocycles. The van der Waals surface area contributed by atoms with E-state index in [1.54, 1.807) is 38.7 Å². The monoisotopic (exact) mass is 497 g/mol. The topological polar surface area (TPSA) is 89.3 Å². The Bertz CT molecular complexity index is 1170. The molecule has 1 N–H and O–H groups in total. The van der Waals surface area contributed by atoms with Crippen LogP contribution in [0.2, 0.25) is 0 Å². The molecule has 0 unspecified atom stereocenters. The number of anilines is 1. The van der Waals surface area contributed by atoms with Crippen molar-refractivity contribution in [2.24, 2.45) is 0 Å². The van der Waals surface area contributed by atoms with E-state index in [0.29, 0.717) is 23.6 Å². The molecule has 0 bridgehead atoms. The van der Waals surface area contributed by atoms with E-state index in [2.05, 4.69) is 31.3 Å². The van der Waals surface area contributed by atoms with E-state index in [1.165, 1.54) is 11.0 Å². The lowest BCUT2D eigenvalue weighted by atomic mass is 10.0. The number of rotatable bonds is 4. The van der Waals surface area contributed by atoms with Crippen molar-refractivity contribution in [1.29, 1.82) is 0 Å². The van der Waals surface area contributed by atoms with Crippen LogP contribution in [0.3, 0.4) is 0 Å². The van der Waals surface area contributed by atoms with Gasteiger partial charge in [0.1, 0.15) is 17.8 Å². The van der Waals surface area contributed by atoms with Crippen LogP contribution in [0, 0.1) is 6.92 Å². The minimum absolute atomic E-state index is 0.328. The average Bonchev–Trinajstić information content (AvgIpc) is 3.23. The number of alkyl carbamates (subject to hydrolysis) is 1. The van der Waals surface area contributed by atoms with E-state index in [9.17, 15) is 9.59 Å². The zero-order valence-corrected chi connectivity index (χ0v) is 19.9. The molecule has 2 amide bonds. The molecule has 2 aromatic carbocycles. The van der Waals surface area contributed by atoms with Crippen LogP contribution in [0.4, 0.5) is 10.5 Å². The number of nitrogens with one attached hydrogen (secondary N) is 1. The highest BCUT2D eigenvalue weighted by atomic mass is 79.9. The molecule has 1 aliphatic heterocycles. The lowest BCUT2D eigenvalue weighted by molar-refractivity contribution is -0.126. The van der Waals surface area contributed by atoms with Gasteiger partial charge in [-0.2, -0.15) is 5.10 Å². The molecule has 1 aromatic heterocycles. The summed E-state index contributed by atoms with van der Waals surface area (Å²) in [4.78, 5) is 32.8. The molecule has 0 fully saturated rings. The second-order valence-electron chi connectivity index (χ2n) is 8.61. The lowest BCUT2D eigenvalue weighted by Gasteiger charge is -2.31. The third-order valence-electron chi connectivity index (χ3n) is 5.01. The van der Waals surface area contributed by atoms with Crippen LogP contribution in [0.5, 0.6) is 0 Å². The number of hydrogen-bond acceptors (Lipinski definition) is 5. The number of carbonyl (C=O) groups is 2. The van der Waals surface area contributed by atoms with E-state index in [0.717, 1.165) is 10.0 Å². The zero-order chi connectivity index (χ0) is 23.1. The van der Waals surface area contributed by atoms with Gasteiger partial charge in [-0.25, -0.2) is 14.5 Å². The first-order chi connectivity index (χ1) is 15.1. The largest absolute Gasteiger partial charge is 0.444 e. The van der Waals surface area contributed by atoms with Crippen LogP contribution in [-0.2, 0) is 21.7 Å². The maximum absolute atomic E-state index is 14.1. The van der Waals surface area contributed by atoms with Gasteiger partial charge in [0.2, 0.25) is 5.66 Å². The smallest absolute Gasteiger partial charge is 0.410 e. The van der Waals surface area contributed by atoms with E-state index in [4.69, 9.17) is 4.74 Å². The van der Waals surface area contributed by atoms with Gasteiger partial charge in [-0.15, -0.1) is 0 Å². The second kappa shape index (κ2) is 8.05. The first-order valence-electron chi connectivity index (χ1n) is 10.2. The number of halogens is 1. The molecule has 1 aliphatic rings. The van der Waals surface area contributed by atoms with Crippen LogP contribution in [-0.4, -0.2) is 32.4 Å². The number of nitrogens with zero attached hydrogens (tertiary/aromatic N) is 4. The standard InChI is InChI=1S/C23H24BrN5O3/c1-15-25-14-29(27-15)23(26-21(31)32-22(2,3)4)18-11-10-17(24)12-19(18)28(20(23)30)13-16-8-6-5-7-9-16/h5-12,14H,13H2,1-4H3,(H,26,31)/t23-/m1/s1. The fraction of sp³-hybridized carbons (Fsp3) is 0.304. The Hall–Kier alpha value is -3.20. The van der Waals surface area contributed by atoms with E-state index < -0.39 is 17.4 Å². The van der Waals surface area contributed by atoms with Gasteiger partial charge >= 0.3 is 6.09 Å². The Labute approximate surface area is 194 Å². The van der Waals surface area contributed by atoms with Crippen molar-refractivity contribution in [2.75, 3.05) is 4.90 Å². The average molecular weight is 498 g/mol. The predicted octanol–water partition coefficient (Wildman–Crippen LogP) is 4.12. The van der Waals surface area contributed by atoms with Gasteiger partial charge in [0.15, 0.2) is 0 Å². The number of ether oxygens (including phenoxy) is 1. The zero-order valence-electron chi connectivity index (χ0n) is 18.3. The van der Waals surface area contributed by atoms with Crippen molar-refractivity contribution in [3.8, 4) is 0 Å². The molecular formula is C23H24BrN5O3. The molecule has 9 heteroatoms. The molecule has 3 aromatic rings. The molecule has 0 saturated heterocycles. The number of amides is 2. The van der Waals surface area contributed by atoms with E-state index in [-0.39, 0.29) is 5.91 Å². The second-order valence-corrected chi connectivity index (χ2v) is 9.53. The molecule has 0 aliphatic carbocycles. The minimum atomic E-state index is -1.63. The molecule has 4 rings (SSSR count). The molecule has 2 heterocycles. The molecule has 8 nitrogen and oxygen atoms in total. The highest BCUT2D eigenvalue weighted by Crippen LogP contribution is 2.43. The van der Waals surface area contributed by atoms with Crippen LogP contribution in [0.25, 0.3) is 0 Å². The van der Waals surface area contributed by atoms with Crippen LogP contribution >= 0.6 is 15.9 Å². The highest BCUT2D eigenvalue weighted by molar-refractivity contribution is 9.10. The molecule has 0 spiro atoms. The Morgan fingerprint density at radius 1 is 1.19 bits per heavy atom. The number of fused-ring (bicyclic) bond motifs is 1. The van der Waals surface area contributed by atoms with E-state index >= 15 is 0 Å². The number of benzene rings is 2. The van der Waals surface area contributed by atoms with Gasteiger partial charge in [0.05, 0.1) is 12.2 Å². The summed E-state index contributed by atoms with van der Waals surface area (Å²) in [5, 5.41) is 7.22.